The standard InChI is InChI=1S/C29H36O3/c1-18(30)27-24(20-8-6-5-7-9-20)17-26-23-11-10-21-16-22(32-19(2)31)12-14-28(21,3)25(23)13-15-29(26,27)4/h5-10,22-23,25-26H,11-17H2,1-4H3/t22-,23-,25-,26+,28+,29+/m1/s1. The van der Waals surface area contributed by atoms with Crippen LogP contribution in [0.4, 0.5) is 0 Å². The zero-order chi connectivity index (χ0) is 22.7. The summed E-state index contributed by atoms with van der Waals surface area (Å²) in [4.78, 5) is 24.5. The molecule has 0 amide bonds. The van der Waals surface area contributed by atoms with E-state index in [0.717, 1.165) is 44.1 Å². The van der Waals surface area contributed by atoms with Crippen LogP contribution >= 0.6 is 0 Å². The maximum atomic E-state index is 13.0. The van der Waals surface area contributed by atoms with E-state index < -0.39 is 0 Å². The molecule has 6 atom stereocenters. The molecule has 0 N–H and O–H groups in total. The van der Waals surface area contributed by atoms with Gasteiger partial charge in [-0.1, -0.05) is 55.8 Å². The molecule has 5 rings (SSSR count). The van der Waals surface area contributed by atoms with E-state index in [0.29, 0.717) is 17.8 Å². The normalized spacial score (nSPS) is 38.3. The minimum atomic E-state index is -0.163. The third kappa shape index (κ3) is 3.23. The van der Waals surface area contributed by atoms with Gasteiger partial charge in [-0.2, -0.15) is 0 Å². The monoisotopic (exact) mass is 432 g/mol. The van der Waals surface area contributed by atoms with E-state index in [2.05, 4.69) is 50.3 Å². The van der Waals surface area contributed by atoms with E-state index in [9.17, 15) is 9.59 Å². The van der Waals surface area contributed by atoms with Crippen molar-refractivity contribution in [2.24, 2.45) is 28.6 Å². The topological polar surface area (TPSA) is 43.4 Å². The SMILES string of the molecule is CC(=O)O[C@@H]1CC[C@@]2(C)C(=CC[C@@H]3[C@H]2CC[C@]2(C)C(C(C)=O)=C(c4ccccc4)C[C@@H]32)C1. The van der Waals surface area contributed by atoms with Gasteiger partial charge in [0.15, 0.2) is 5.78 Å². The lowest BCUT2D eigenvalue weighted by atomic mass is 9.47. The number of ether oxygens (including phenoxy) is 1. The van der Waals surface area contributed by atoms with Crippen molar-refractivity contribution in [2.45, 2.75) is 78.7 Å². The summed E-state index contributed by atoms with van der Waals surface area (Å²) in [7, 11) is 0. The minimum Gasteiger partial charge on any atom is -0.462 e. The Morgan fingerprint density at radius 1 is 0.938 bits per heavy atom. The van der Waals surface area contributed by atoms with Crippen molar-refractivity contribution >= 4 is 17.3 Å². The van der Waals surface area contributed by atoms with Crippen LogP contribution in [0.1, 0.15) is 78.2 Å². The average Bonchev–Trinajstić information content (AvgIpc) is 3.08. The molecule has 0 saturated heterocycles. The number of fused-ring (bicyclic) bond motifs is 5. The van der Waals surface area contributed by atoms with Gasteiger partial charge in [-0.3, -0.25) is 9.59 Å². The third-order valence-corrected chi connectivity index (χ3v) is 9.55. The predicted molar refractivity (Wildman–Crippen MR) is 127 cm³/mol. The Bertz CT molecular complexity index is 1000. The number of carbonyl (C=O) groups is 2. The van der Waals surface area contributed by atoms with E-state index >= 15 is 0 Å². The smallest absolute Gasteiger partial charge is 0.302 e. The van der Waals surface area contributed by atoms with E-state index in [-0.39, 0.29) is 28.7 Å². The molecule has 0 spiro atoms. The first-order valence-electron chi connectivity index (χ1n) is 12.4. The first kappa shape index (κ1) is 21.7. The van der Waals surface area contributed by atoms with Crippen molar-refractivity contribution in [1.29, 1.82) is 0 Å². The molecule has 1 aromatic carbocycles. The Balaban J connectivity index is 1.48. The number of hydrogen-bond acceptors (Lipinski definition) is 3. The second-order valence-electron chi connectivity index (χ2n) is 11.2. The van der Waals surface area contributed by atoms with Crippen molar-refractivity contribution in [3.8, 4) is 0 Å². The first-order valence-corrected chi connectivity index (χ1v) is 12.4. The first-order chi connectivity index (χ1) is 15.2. The number of hydrogen-bond donors (Lipinski definition) is 0. The summed E-state index contributed by atoms with van der Waals surface area (Å²) in [5, 5.41) is 0. The molecular weight excluding hydrogens is 396 g/mol. The van der Waals surface area contributed by atoms with Crippen LogP contribution in [0.15, 0.2) is 47.6 Å². The highest BCUT2D eigenvalue weighted by molar-refractivity contribution is 6.03. The molecular formula is C29H36O3. The van der Waals surface area contributed by atoms with E-state index in [1.165, 1.54) is 30.1 Å². The van der Waals surface area contributed by atoms with Crippen LogP contribution in [-0.2, 0) is 14.3 Å². The van der Waals surface area contributed by atoms with Gasteiger partial charge in [0.2, 0.25) is 0 Å². The quantitative estimate of drug-likeness (QED) is 0.403. The Kier molecular flexibility index (Phi) is 5.22. The second kappa shape index (κ2) is 7.71. The fourth-order valence-electron chi connectivity index (χ4n) is 8.15. The van der Waals surface area contributed by atoms with Gasteiger partial charge in [0, 0.05) is 18.9 Å². The van der Waals surface area contributed by atoms with Gasteiger partial charge in [-0.25, -0.2) is 0 Å². The zero-order valence-corrected chi connectivity index (χ0v) is 19.9. The highest BCUT2D eigenvalue weighted by atomic mass is 16.5. The molecule has 4 aliphatic rings. The van der Waals surface area contributed by atoms with Gasteiger partial charge in [-0.15, -0.1) is 0 Å². The average molecular weight is 433 g/mol. The lowest BCUT2D eigenvalue weighted by molar-refractivity contribution is -0.148. The number of allylic oxidation sites excluding steroid dienone is 3. The molecule has 0 aliphatic heterocycles. The molecule has 170 valence electrons. The number of carbonyl (C=O) groups excluding carboxylic acids is 2. The van der Waals surface area contributed by atoms with Crippen LogP contribution in [0.3, 0.4) is 0 Å². The zero-order valence-electron chi connectivity index (χ0n) is 19.9. The fraction of sp³-hybridized carbons (Fsp3) is 0.586. The molecule has 4 aliphatic carbocycles. The Morgan fingerprint density at radius 3 is 2.34 bits per heavy atom. The van der Waals surface area contributed by atoms with Crippen molar-refractivity contribution in [1.82, 2.24) is 0 Å². The highest BCUT2D eigenvalue weighted by Crippen LogP contribution is 2.67. The summed E-state index contributed by atoms with van der Waals surface area (Å²) in [5.74, 6) is 1.89. The highest BCUT2D eigenvalue weighted by Gasteiger charge is 2.58. The molecule has 0 heterocycles. The van der Waals surface area contributed by atoms with Gasteiger partial charge >= 0.3 is 5.97 Å². The molecule has 2 saturated carbocycles. The third-order valence-electron chi connectivity index (χ3n) is 9.55. The van der Waals surface area contributed by atoms with Crippen molar-refractivity contribution in [3.05, 3.63) is 53.1 Å². The molecule has 0 bridgehead atoms. The Labute approximate surface area is 192 Å². The Hall–Kier alpha value is -2.16. The molecule has 0 unspecified atom stereocenters. The summed E-state index contributed by atoms with van der Waals surface area (Å²) in [6, 6.07) is 10.6. The van der Waals surface area contributed by atoms with Gasteiger partial charge in [0.1, 0.15) is 6.10 Å². The second-order valence-corrected chi connectivity index (χ2v) is 11.2. The van der Waals surface area contributed by atoms with Crippen molar-refractivity contribution in [2.75, 3.05) is 0 Å². The lowest BCUT2D eigenvalue weighted by Gasteiger charge is -2.57. The van der Waals surface area contributed by atoms with E-state index in [1.54, 1.807) is 6.92 Å². The summed E-state index contributed by atoms with van der Waals surface area (Å²) in [5.41, 5.74) is 5.32. The van der Waals surface area contributed by atoms with Gasteiger partial charge in [0.05, 0.1) is 0 Å². The maximum absolute atomic E-state index is 13.0. The van der Waals surface area contributed by atoms with E-state index in [4.69, 9.17) is 4.74 Å². The molecule has 1 aromatic rings. The van der Waals surface area contributed by atoms with Crippen molar-refractivity contribution in [3.63, 3.8) is 0 Å². The number of rotatable bonds is 3. The minimum absolute atomic E-state index is 0.0190. The van der Waals surface area contributed by atoms with Crippen molar-refractivity contribution < 1.29 is 14.3 Å². The van der Waals surface area contributed by atoms with Crippen LogP contribution in [0.25, 0.3) is 5.57 Å². The number of Topliss-reactive ketones (excluding diaryl/α,β-unsaturated/α-hetero) is 1. The summed E-state index contributed by atoms with van der Waals surface area (Å²) >= 11 is 0. The van der Waals surface area contributed by atoms with Crippen LogP contribution in [0.2, 0.25) is 0 Å². The van der Waals surface area contributed by atoms with Crippen LogP contribution in [0, 0.1) is 28.6 Å². The van der Waals surface area contributed by atoms with Crippen LogP contribution in [-0.4, -0.2) is 17.9 Å². The van der Waals surface area contributed by atoms with Gasteiger partial charge in [-0.05, 0) is 85.2 Å². The fourth-order valence-corrected chi connectivity index (χ4v) is 8.15. The number of esters is 1. The summed E-state index contributed by atoms with van der Waals surface area (Å²) in [6.07, 6.45) is 9.87. The molecule has 3 nitrogen and oxygen atoms in total. The summed E-state index contributed by atoms with van der Waals surface area (Å²) < 4.78 is 5.59. The van der Waals surface area contributed by atoms with Crippen LogP contribution in [0.5, 0.6) is 0 Å². The maximum Gasteiger partial charge on any atom is 0.302 e. The predicted octanol–water partition coefficient (Wildman–Crippen LogP) is 6.53. The molecule has 0 aromatic heterocycles. The van der Waals surface area contributed by atoms with Crippen LogP contribution < -0.4 is 0 Å². The van der Waals surface area contributed by atoms with Gasteiger partial charge in [0.25, 0.3) is 0 Å². The molecule has 3 heteroatoms. The molecule has 0 radical (unpaired) electrons. The lowest BCUT2D eigenvalue weighted by Crippen LogP contribution is -2.50. The van der Waals surface area contributed by atoms with E-state index in [1.807, 2.05) is 0 Å². The Morgan fingerprint density at radius 2 is 1.66 bits per heavy atom. The molecule has 2 fully saturated rings. The molecule has 32 heavy (non-hydrogen) atoms. The largest absolute Gasteiger partial charge is 0.462 e. The number of ketones is 1. The summed E-state index contributed by atoms with van der Waals surface area (Å²) in [6.45, 7) is 8.13. The van der Waals surface area contributed by atoms with Gasteiger partial charge < -0.3 is 4.74 Å². The number of benzene rings is 1.